The van der Waals surface area contributed by atoms with E-state index in [-0.39, 0.29) is 0 Å². The van der Waals surface area contributed by atoms with Gasteiger partial charge in [-0.25, -0.2) is 8.42 Å². The summed E-state index contributed by atoms with van der Waals surface area (Å²) in [4.78, 5) is 1.42. The molecule has 0 unspecified atom stereocenters. The van der Waals surface area contributed by atoms with Crippen LogP contribution in [0.25, 0.3) is 11.6 Å². The van der Waals surface area contributed by atoms with Crippen LogP contribution in [0.1, 0.15) is 27.1 Å². The average Bonchev–Trinajstić information content (AvgIpc) is 3.01. The van der Waals surface area contributed by atoms with Gasteiger partial charge in [-0.15, -0.1) is 11.3 Å². The van der Waals surface area contributed by atoms with Gasteiger partial charge < -0.3 is 0 Å². The Bertz CT molecular complexity index is 1080. The zero-order valence-corrected chi connectivity index (χ0v) is 16.0. The van der Waals surface area contributed by atoms with E-state index in [2.05, 4.69) is 46.5 Å². The van der Waals surface area contributed by atoms with E-state index in [0.717, 1.165) is 24.7 Å². The van der Waals surface area contributed by atoms with Gasteiger partial charge in [0.25, 0.3) is 0 Å². The van der Waals surface area contributed by atoms with Crippen molar-refractivity contribution in [3.63, 3.8) is 0 Å². The Morgan fingerprint density at radius 3 is 2.50 bits per heavy atom. The number of fused-ring (bicyclic) bond motifs is 2. The zero-order valence-electron chi connectivity index (χ0n) is 14.4. The lowest BCUT2D eigenvalue weighted by atomic mass is 9.94. The van der Waals surface area contributed by atoms with E-state index < -0.39 is 10.0 Å². The van der Waals surface area contributed by atoms with Crippen LogP contribution >= 0.6 is 11.3 Å². The molecule has 0 aliphatic heterocycles. The van der Waals surface area contributed by atoms with Crippen molar-refractivity contribution < 1.29 is 8.42 Å². The third-order valence-corrected chi connectivity index (χ3v) is 6.08. The second-order valence-corrected chi connectivity index (χ2v) is 9.22. The Labute approximate surface area is 158 Å². The van der Waals surface area contributed by atoms with Crippen molar-refractivity contribution in [2.45, 2.75) is 12.8 Å². The number of nitrogens with one attached hydrogen (secondary N) is 1. The Balaban J connectivity index is 1.78. The SMILES string of the molecule is CS(=O)(=O)Nc1ccc(/C=C2\c3ccccc3CCc3sccc32)cc1. The number of anilines is 1. The minimum Gasteiger partial charge on any atom is -0.284 e. The maximum atomic E-state index is 11.4. The van der Waals surface area contributed by atoms with Crippen molar-refractivity contribution in [2.75, 3.05) is 11.0 Å². The van der Waals surface area contributed by atoms with E-state index in [4.69, 9.17) is 0 Å². The van der Waals surface area contributed by atoms with Gasteiger partial charge in [-0.05, 0) is 70.3 Å². The summed E-state index contributed by atoms with van der Waals surface area (Å²) in [5.41, 5.74) is 6.82. The zero-order chi connectivity index (χ0) is 18.1. The number of benzene rings is 2. The predicted molar refractivity (Wildman–Crippen MR) is 110 cm³/mol. The molecular formula is C21H19NO2S2. The lowest BCUT2D eigenvalue weighted by Crippen LogP contribution is -2.09. The first-order valence-corrected chi connectivity index (χ1v) is 11.2. The summed E-state index contributed by atoms with van der Waals surface area (Å²) in [7, 11) is -3.26. The number of sulfonamides is 1. The highest BCUT2D eigenvalue weighted by Crippen LogP contribution is 2.37. The second kappa shape index (κ2) is 6.74. The van der Waals surface area contributed by atoms with Crippen molar-refractivity contribution in [1.82, 2.24) is 0 Å². The number of aryl methyl sites for hydroxylation is 2. The molecule has 4 rings (SSSR count). The maximum Gasteiger partial charge on any atom is 0.229 e. The van der Waals surface area contributed by atoms with Gasteiger partial charge in [-0.1, -0.05) is 36.4 Å². The molecule has 3 aromatic rings. The minimum absolute atomic E-state index is 0.576. The molecule has 0 fully saturated rings. The van der Waals surface area contributed by atoms with E-state index in [1.54, 1.807) is 12.1 Å². The monoisotopic (exact) mass is 381 g/mol. The van der Waals surface area contributed by atoms with E-state index in [1.807, 2.05) is 23.5 Å². The molecule has 0 atom stereocenters. The molecule has 26 heavy (non-hydrogen) atoms. The van der Waals surface area contributed by atoms with E-state index >= 15 is 0 Å². The van der Waals surface area contributed by atoms with Gasteiger partial charge in [0.2, 0.25) is 10.0 Å². The molecule has 1 aromatic heterocycles. The van der Waals surface area contributed by atoms with Gasteiger partial charge in [0, 0.05) is 10.6 Å². The third-order valence-electron chi connectivity index (χ3n) is 4.49. The highest BCUT2D eigenvalue weighted by Gasteiger charge is 2.18. The quantitative estimate of drug-likeness (QED) is 0.708. The lowest BCUT2D eigenvalue weighted by Gasteiger charge is -2.10. The molecule has 0 bridgehead atoms. The lowest BCUT2D eigenvalue weighted by molar-refractivity contribution is 0.607. The van der Waals surface area contributed by atoms with Gasteiger partial charge in [-0.3, -0.25) is 4.72 Å². The standard InChI is InChI=1S/C21H19NO2S2/c1-26(23,24)22-17-9-6-15(7-10-17)14-20-18-5-3-2-4-16(18)8-11-21-19(20)12-13-25-21/h2-7,9-10,12-14,22H,8,11H2,1H3/b20-14+. The number of thiophene rings is 1. The fourth-order valence-corrected chi connectivity index (χ4v) is 4.81. The Kier molecular flexibility index (Phi) is 4.42. The first-order chi connectivity index (χ1) is 12.5. The molecular weight excluding hydrogens is 362 g/mol. The summed E-state index contributed by atoms with van der Waals surface area (Å²) in [6.45, 7) is 0. The first kappa shape index (κ1) is 17.1. The molecule has 0 spiro atoms. The third kappa shape index (κ3) is 3.59. The van der Waals surface area contributed by atoms with Crippen LogP contribution in [-0.4, -0.2) is 14.7 Å². The predicted octanol–water partition coefficient (Wildman–Crippen LogP) is 4.81. The van der Waals surface area contributed by atoms with Gasteiger partial charge in [-0.2, -0.15) is 0 Å². The van der Waals surface area contributed by atoms with E-state index in [9.17, 15) is 8.42 Å². The van der Waals surface area contributed by atoms with Crippen LogP contribution in [0.4, 0.5) is 5.69 Å². The summed E-state index contributed by atoms with van der Waals surface area (Å²) in [6.07, 6.45) is 5.47. The van der Waals surface area contributed by atoms with Crippen LogP contribution in [0, 0.1) is 0 Å². The van der Waals surface area contributed by atoms with Gasteiger partial charge in [0.05, 0.1) is 6.26 Å². The number of rotatable bonds is 3. The molecule has 0 amide bonds. The van der Waals surface area contributed by atoms with Crippen LogP contribution in [0.3, 0.4) is 0 Å². The molecule has 0 saturated carbocycles. The van der Waals surface area contributed by atoms with Crippen molar-refractivity contribution in [3.8, 4) is 0 Å². The molecule has 5 heteroatoms. The summed E-state index contributed by atoms with van der Waals surface area (Å²) in [5.74, 6) is 0. The minimum atomic E-state index is -3.26. The molecule has 1 aliphatic carbocycles. The summed E-state index contributed by atoms with van der Waals surface area (Å²) >= 11 is 1.81. The van der Waals surface area contributed by atoms with E-state index in [1.165, 1.54) is 27.1 Å². The number of hydrogen-bond acceptors (Lipinski definition) is 3. The Morgan fingerprint density at radius 1 is 0.962 bits per heavy atom. The molecule has 2 aromatic carbocycles. The molecule has 1 heterocycles. The highest BCUT2D eigenvalue weighted by atomic mass is 32.2. The van der Waals surface area contributed by atoms with Crippen LogP contribution < -0.4 is 4.72 Å². The van der Waals surface area contributed by atoms with Crippen LogP contribution in [-0.2, 0) is 22.9 Å². The van der Waals surface area contributed by atoms with Crippen molar-refractivity contribution in [2.24, 2.45) is 0 Å². The van der Waals surface area contributed by atoms with Crippen molar-refractivity contribution >= 4 is 38.7 Å². The van der Waals surface area contributed by atoms with Gasteiger partial charge >= 0.3 is 0 Å². The second-order valence-electron chi connectivity index (χ2n) is 6.47. The normalized spacial score (nSPS) is 15.2. The Hall–Kier alpha value is -2.37. The van der Waals surface area contributed by atoms with Crippen LogP contribution in [0.15, 0.2) is 60.0 Å². The maximum absolute atomic E-state index is 11.4. The van der Waals surface area contributed by atoms with Gasteiger partial charge in [0.15, 0.2) is 0 Å². The number of hydrogen-bond donors (Lipinski definition) is 1. The average molecular weight is 382 g/mol. The molecule has 1 N–H and O–H groups in total. The molecule has 3 nitrogen and oxygen atoms in total. The molecule has 1 aliphatic rings. The fourth-order valence-electron chi connectivity index (χ4n) is 3.35. The first-order valence-electron chi connectivity index (χ1n) is 8.44. The molecule has 0 saturated heterocycles. The van der Waals surface area contributed by atoms with Crippen molar-refractivity contribution in [3.05, 3.63) is 87.1 Å². The smallest absolute Gasteiger partial charge is 0.229 e. The summed E-state index contributed by atoms with van der Waals surface area (Å²) in [6, 6.07) is 18.3. The molecule has 0 radical (unpaired) electrons. The molecule has 132 valence electrons. The van der Waals surface area contributed by atoms with E-state index in [0.29, 0.717) is 5.69 Å². The topological polar surface area (TPSA) is 46.2 Å². The summed E-state index contributed by atoms with van der Waals surface area (Å²) in [5, 5.41) is 2.16. The fraction of sp³-hybridized carbons (Fsp3) is 0.143. The highest BCUT2D eigenvalue weighted by molar-refractivity contribution is 7.92. The van der Waals surface area contributed by atoms with Crippen LogP contribution in [0.5, 0.6) is 0 Å². The summed E-state index contributed by atoms with van der Waals surface area (Å²) < 4.78 is 25.2. The Morgan fingerprint density at radius 2 is 1.73 bits per heavy atom. The van der Waals surface area contributed by atoms with Gasteiger partial charge in [0.1, 0.15) is 0 Å². The van der Waals surface area contributed by atoms with Crippen LogP contribution in [0.2, 0.25) is 0 Å². The largest absolute Gasteiger partial charge is 0.284 e. The van der Waals surface area contributed by atoms with Crippen molar-refractivity contribution in [1.29, 1.82) is 0 Å².